The van der Waals surface area contributed by atoms with E-state index in [4.69, 9.17) is 51.8 Å². The van der Waals surface area contributed by atoms with Gasteiger partial charge >= 0.3 is 6.03 Å². The highest BCUT2D eigenvalue weighted by atomic mass is 35.6. The van der Waals surface area contributed by atoms with E-state index in [0.717, 1.165) is 0 Å². The summed E-state index contributed by atoms with van der Waals surface area (Å²) in [4.78, 5) is 15.6. The van der Waals surface area contributed by atoms with Crippen LogP contribution in [0.15, 0.2) is 0 Å². The van der Waals surface area contributed by atoms with Crippen LogP contribution in [0.4, 0.5) is 4.79 Å². The van der Waals surface area contributed by atoms with E-state index in [1.807, 2.05) is 18.7 Å². The monoisotopic (exact) mass is 390 g/mol. The summed E-state index contributed by atoms with van der Waals surface area (Å²) < 4.78 is 3.53. The van der Waals surface area contributed by atoms with Crippen LogP contribution in [-0.4, -0.2) is 70.3 Å². The zero-order valence-corrected chi connectivity index (χ0v) is 15.7. The SMILES string of the molecule is CCN(CC)C(=O)N[C@@H](NC(=S)N1CCOCC1)C(Cl)(Cl)Cl. The van der Waals surface area contributed by atoms with Crippen molar-refractivity contribution in [3.05, 3.63) is 0 Å². The zero-order valence-electron chi connectivity index (χ0n) is 12.6. The molecule has 0 unspecified atom stereocenters. The lowest BCUT2D eigenvalue weighted by atomic mass is 10.4. The third kappa shape index (κ3) is 6.12. The summed E-state index contributed by atoms with van der Waals surface area (Å²) >= 11 is 23.2. The first-order valence-electron chi connectivity index (χ1n) is 7.04. The van der Waals surface area contributed by atoms with Crippen LogP contribution in [0.2, 0.25) is 0 Å². The number of halogens is 3. The molecule has 0 aromatic rings. The van der Waals surface area contributed by atoms with Gasteiger partial charge in [0.2, 0.25) is 3.79 Å². The lowest BCUT2D eigenvalue weighted by Crippen LogP contribution is -2.60. The Morgan fingerprint density at radius 1 is 1.27 bits per heavy atom. The molecule has 1 rings (SSSR count). The number of hydrogen-bond donors (Lipinski definition) is 2. The maximum Gasteiger partial charge on any atom is 0.319 e. The predicted molar refractivity (Wildman–Crippen MR) is 93.7 cm³/mol. The fraction of sp³-hybridized carbons (Fsp3) is 0.833. The van der Waals surface area contributed by atoms with E-state index in [1.54, 1.807) is 4.90 Å². The molecule has 0 aliphatic carbocycles. The van der Waals surface area contributed by atoms with Crippen molar-refractivity contribution in [1.29, 1.82) is 0 Å². The number of thiocarbonyl (C=S) groups is 1. The highest BCUT2D eigenvalue weighted by Gasteiger charge is 2.36. The van der Waals surface area contributed by atoms with E-state index in [2.05, 4.69) is 10.6 Å². The maximum absolute atomic E-state index is 12.1. The molecule has 10 heteroatoms. The first-order chi connectivity index (χ1) is 10.3. The van der Waals surface area contributed by atoms with Crippen LogP contribution in [0.5, 0.6) is 0 Å². The average molecular weight is 392 g/mol. The van der Waals surface area contributed by atoms with Gasteiger partial charge in [-0.3, -0.25) is 0 Å². The Morgan fingerprint density at radius 2 is 1.82 bits per heavy atom. The lowest BCUT2D eigenvalue weighted by Gasteiger charge is -2.34. The van der Waals surface area contributed by atoms with Gasteiger partial charge < -0.3 is 25.2 Å². The molecule has 1 aliphatic rings. The number of nitrogens with one attached hydrogen (secondary N) is 2. The molecule has 0 bridgehead atoms. The van der Waals surface area contributed by atoms with Crippen LogP contribution in [0.1, 0.15) is 13.8 Å². The van der Waals surface area contributed by atoms with Gasteiger partial charge in [0, 0.05) is 26.2 Å². The van der Waals surface area contributed by atoms with Gasteiger partial charge in [-0.25, -0.2) is 4.79 Å². The minimum Gasteiger partial charge on any atom is -0.378 e. The molecule has 1 fully saturated rings. The topological polar surface area (TPSA) is 56.8 Å². The van der Waals surface area contributed by atoms with Crippen molar-refractivity contribution in [3.63, 3.8) is 0 Å². The number of amides is 2. The van der Waals surface area contributed by atoms with Gasteiger partial charge in [0.05, 0.1) is 13.2 Å². The molecule has 1 atom stereocenters. The molecule has 2 N–H and O–H groups in total. The number of nitrogens with zero attached hydrogens (tertiary/aromatic N) is 2. The van der Waals surface area contributed by atoms with Crippen molar-refractivity contribution in [2.45, 2.75) is 23.8 Å². The Kier molecular flexibility index (Phi) is 8.27. The fourth-order valence-electron chi connectivity index (χ4n) is 1.91. The average Bonchev–Trinajstić information content (AvgIpc) is 2.47. The van der Waals surface area contributed by atoms with Crippen molar-refractivity contribution in [1.82, 2.24) is 20.4 Å². The van der Waals surface area contributed by atoms with Crippen LogP contribution >= 0.6 is 47.0 Å². The number of hydrogen-bond acceptors (Lipinski definition) is 3. The Labute approximate surface area is 151 Å². The van der Waals surface area contributed by atoms with Crippen LogP contribution in [-0.2, 0) is 4.74 Å². The van der Waals surface area contributed by atoms with Gasteiger partial charge in [0.15, 0.2) is 11.3 Å². The van der Waals surface area contributed by atoms with Crippen molar-refractivity contribution in [3.8, 4) is 0 Å². The molecule has 0 saturated carbocycles. The van der Waals surface area contributed by atoms with Crippen LogP contribution in [0.3, 0.4) is 0 Å². The molecular weight excluding hydrogens is 371 g/mol. The van der Waals surface area contributed by atoms with E-state index in [0.29, 0.717) is 44.5 Å². The summed E-state index contributed by atoms with van der Waals surface area (Å²) in [5.74, 6) is 0. The smallest absolute Gasteiger partial charge is 0.319 e. The lowest BCUT2D eigenvalue weighted by molar-refractivity contribution is 0.0673. The molecule has 0 aromatic heterocycles. The largest absolute Gasteiger partial charge is 0.378 e. The minimum absolute atomic E-state index is 0.321. The highest BCUT2D eigenvalue weighted by molar-refractivity contribution is 7.80. The van der Waals surface area contributed by atoms with Crippen LogP contribution in [0.25, 0.3) is 0 Å². The Bertz CT molecular complexity index is 385. The van der Waals surface area contributed by atoms with Gasteiger partial charge in [0.1, 0.15) is 0 Å². The standard InChI is InChI=1S/C12H21Cl3N4O2S/c1-3-18(4-2)10(20)16-9(12(13,14)15)17-11(22)19-5-7-21-8-6-19/h9H,3-8H2,1-2H3,(H,16,20)(H,17,22)/t9-/m0/s1. The number of rotatable bonds is 4. The van der Waals surface area contributed by atoms with Gasteiger partial charge in [-0.15, -0.1) is 0 Å². The first kappa shape index (κ1) is 19.8. The summed E-state index contributed by atoms with van der Waals surface area (Å²) in [6.07, 6.45) is -0.930. The number of urea groups is 1. The highest BCUT2D eigenvalue weighted by Crippen LogP contribution is 2.29. The van der Waals surface area contributed by atoms with Crippen molar-refractivity contribution in [2.75, 3.05) is 39.4 Å². The second-order valence-corrected chi connectivity index (χ2v) is 7.40. The molecule has 0 spiro atoms. The summed E-state index contributed by atoms with van der Waals surface area (Å²) in [5, 5.41) is 5.99. The fourth-order valence-corrected chi connectivity index (χ4v) is 2.53. The third-order valence-electron chi connectivity index (χ3n) is 3.21. The van der Waals surface area contributed by atoms with Crippen LogP contribution in [0, 0.1) is 0 Å². The van der Waals surface area contributed by atoms with Gasteiger partial charge in [-0.1, -0.05) is 34.8 Å². The third-order valence-corrected chi connectivity index (χ3v) is 4.24. The second kappa shape index (κ2) is 9.17. The normalized spacial score (nSPS) is 16.9. The quantitative estimate of drug-likeness (QED) is 0.436. The molecule has 1 heterocycles. The number of ether oxygens (including phenoxy) is 1. The maximum atomic E-state index is 12.1. The first-order valence-corrected chi connectivity index (χ1v) is 8.59. The molecule has 0 aromatic carbocycles. The molecule has 6 nitrogen and oxygen atoms in total. The van der Waals surface area contributed by atoms with E-state index < -0.39 is 9.96 Å². The molecule has 22 heavy (non-hydrogen) atoms. The van der Waals surface area contributed by atoms with Gasteiger partial charge in [-0.2, -0.15) is 0 Å². The summed E-state index contributed by atoms with van der Waals surface area (Å²) in [7, 11) is 0. The summed E-state index contributed by atoms with van der Waals surface area (Å²) in [6, 6.07) is -0.321. The number of carbonyl (C=O) groups excluding carboxylic acids is 1. The zero-order chi connectivity index (χ0) is 16.8. The Hall–Kier alpha value is -0.210. The Balaban J connectivity index is 2.68. The van der Waals surface area contributed by atoms with Crippen molar-refractivity contribution >= 4 is 58.2 Å². The van der Waals surface area contributed by atoms with E-state index >= 15 is 0 Å². The number of morpholine rings is 1. The molecule has 1 saturated heterocycles. The molecule has 2 amide bonds. The summed E-state index contributed by atoms with van der Waals surface area (Å²) in [5.41, 5.74) is 0. The van der Waals surface area contributed by atoms with Crippen molar-refractivity contribution < 1.29 is 9.53 Å². The molecule has 0 radical (unpaired) electrons. The van der Waals surface area contributed by atoms with E-state index in [9.17, 15) is 4.79 Å². The molecule has 1 aliphatic heterocycles. The van der Waals surface area contributed by atoms with E-state index in [-0.39, 0.29) is 6.03 Å². The van der Waals surface area contributed by atoms with E-state index in [1.165, 1.54) is 0 Å². The molecular formula is C12H21Cl3N4O2S. The number of alkyl halides is 3. The van der Waals surface area contributed by atoms with Gasteiger partial charge in [0.25, 0.3) is 0 Å². The van der Waals surface area contributed by atoms with Crippen LogP contribution < -0.4 is 10.6 Å². The van der Waals surface area contributed by atoms with Gasteiger partial charge in [-0.05, 0) is 26.1 Å². The Morgan fingerprint density at radius 3 is 2.27 bits per heavy atom. The van der Waals surface area contributed by atoms with Crippen molar-refractivity contribution in [2.24, 2.45) is 0 Å². The number of carbonyl (C=O) groups is 1. The molecule has 128 valence electrons. The summed E-state index contributed by atoms with van der Waals surface area (Å²) in [6.45, 7) is 7.35. The minimum atomic E-state index is -1.74. The second-order valence-electron chi connectivity index (χ2n) is 4.65. The predicted octanol–water partition coefficient (Wildman–Crippen LogP) is 1.94.